The van der Waals surface area contributed by atoms with Gasteiger partial charge in [-0.2, -0.15) is 0 Å². The van der Waals surface area contributed by atoms with Crippen LogP contribution >= 0.6 is 35.4 Å². The van der Waals surface area contributed by atoms with Gasteiger partial charge in [0.1, 0.15) is 4.99 Å². The van der Waals surface area contributed by atoms with E-state index in [0.29, 0.717) is 22.8 Å². The summed E-state index contributed by atoms with van der Waals surface area (Å²) in [4.78, 5) is 0.277. The Morgan fingerprint density at radius 2 is 2.25 bits per heavy atom. The number of hydrogen-bond acceptors (Lipinski definition) is 3. The summed E-state index contributed by atoms with van der Waals surface area (Å²) in [5.74, 6) is 0.163. The van der Waals surface area contributed by atoms with Gasteiger partial charge in [0.15, 0.2) is 0 Å². The molecule has 0 heterocycles. The van der Waals surface area contributed by atoms with Crippen LogP contribution in [0.3, 0.4) is 0 Å². The molecule has 6 heteroatoms. The zero-order chi connectivity index (χ0) is 12.1. The summed E-state index contributed by atoms with van der Waals surface area (Å²) in [6, 6.07) is 5.15. The Labute approximate surface area is 110 Å². The van der Waals surface area contributed by atoms with Gasteiger partial charge in [-0.15, -0.1) is 11.6 Å². The largest absolute Gasteiger partial charge is 0.390 e. The number of aliphatic hydroxyl groups excluding tert-OH is 1. The monoisotopic (exact) mass is 278 g/mol. The summed E-state index contributed by atoms with van der Waals surface area (Å²) in [7, 11) is 0. The van der Waals surface area contributed by atoms with E-state index in [2.05, 4.69) is 5.32 Å². The van der Waals surface area contributed by atoms with Crippen molar-refractivity contribution < 1.29 is 5.11 Å². The summed E-state index contributed by atoms with van der Waals surface area (Å²) < 4.78 is 0. The third-order valence-corrected chi connectivity index (χ3v) is 2.76. The quantitative estimate of drug-likeness (QED) is 0.570. The third kappa shape index (κ3) is 3.79. The highest BCUT2D eigenvalue weighted by Gasteiger charge is 2.07. The second-order valence-corrected chi connectivity index (χ2v) is 4.43. The molecule has 0 spiro atoms. The third-order valence-electron chi connectivity index (χ3n) is 1.95. The first-order valence-corrected chi connectivity index (χ1v) is 5.94. The van der Waals surface area contributed by atoms with Crippen LogP contribution < -0.4 is 11.1 Å². The van der Waals surface area contributed by atoms with E-state index in [1.54, 1.807) is 18.2 Å². The van der Waals surface area contributed by atoms with Crippen molar-refractivity contribution in [2.45, 2.75) is 6.10 Å². The number of anilines is 1. The molecule has 3 nitrogen and oxygen atoms in total. The van der Waals surface area contributed by atoms with E-state index in [-0.39, 0.29) is 10.9 Å². The van der Waals surface area contributed by atoms with Gasteiger partial charge in [0.05, 0.1) is 12.0 Å². The normalized spacial score (nSPS) is 12.2. The van der Waals surface area contributed by atoms with Crippen molar-refractivity contribution in [1.29, 1.82) is 0 Å². The van der Waals surface area contributed by atoms with E-state index in [1.807, 2.05) is 0 Å². The predicted octanol–water partition coefficient (Wildman–Crippen LogP) is 1.99. The highest BCUT2D eigenvalue weighted by atomic mass is 35.5. The Morgan fingerprint density at radius 1 is 1.56 bits per heavy atom. The first kappa shape index (κ1) is 13.5. The second-order valence-electron chi connectivity index (χ2n) is 3.24. The Morgan fingerprint density at radius 3 is 2.81 bits per heavy atom. The maximum Gasteiger partial charge on any atom is 0.106 e. The minimum absolute atomic E-state index is 0.163. The van der Waals surface area contributed by atoms with Crippen molar-refractivity contribution in [3.05, 3.63) is 28.8 Å². The van der Waals surface area contributed by atoms with Gasteiger partial charge >= 0.3 is 0 Å². The van der Waals surface area contributed by atoms with E-state index in [0.717, 1.165) is 0 Å². The summed E-state index contributed by atoms with van der Waals surface area (Å²) in [5.41, 5.74) is 6.96. The molecule has 1 rings (SSSR count). The van der Waals surface area contributed by atoms with Crippen molar-refractivity contribution in [2.75, 3.05) is 17.7 Å². The van der Waals surface area contributed by atoms with Crippen molar-refractivity contribution in [3.63, 3.8) is 0 Å². The first-order valence-electron chi connectivity index (χ1n) is 4.62. The highest BCUT2D eigenvalue weighted by molar-refractivity contribution is 7.80. The molecular weight excluding hydrogens is 267 g/mol. The molecule has 0 radical (unpaired) electrons. The summed E-state index contributed by atoms with van der Waals surface area (Å²) in [6.07, 6.45) is -0.625. The molecule has 4 N–H and O–H groups in total. The molecule has 16 heavy (non-hydrogen) atoms. The van der Waals surface area contributed by atoms with Crippen LogP contribution in [0.1, 0.15) is 5.56 Å². The summed E-state index contributed by atoms with van der Waals surface area (Å²) in [6.45, 7) is 0.319. The van der Waals surface area contributed by atoms with Crippen molar-refractivity contribution >= 4 is 46.1 Å². The number of halogens is 2. The molecule has 0 aromatic heterocycles. The summed E-state index contributed by atoms with van der Waals surface area (Å²) >= 11 is 16.3. The first-order chi connectivity index (χ1) is 7.54. The fourth-order valence-electron chi connectivity index (χ4n) is 1.16. The van der Waals surface area contributed by atoms with Gasteiger partial charge < -0.3 is 16.2 Å². The van der Waals surface area contributed by atoms with Crippen molar-refractivity contribution in [3.8, 4) is 0 Å². The van der Waals surface area contributed by atoms with Crippen molar-refractivity contribution in [1.82, 2.24) is 0 Å². The lowest BCUT2D eigenvalue weighted by Crippen LogP contribution is -2.22. The Kier molecular flexibility index (Phi) is 5.28. The van der Waals surface area contributed by atoms with E-state index in [1.165, 1.54) is 0 Å². The number of nitrogens with two attached hydrogens (primary N) is 1. The standard InChI is InChI=1S/C10H12Cl2N2OS/c11-4-7(15)5-14-9-3-6(12)1-2-8(9)10(13)16/h1-3,7,14-15H,4-5H2,(H2,13,16). The predicted molar refractivity (Wildman–Crippen MR) is 72.6 cm³/mol. The minimum Gasteiger partial charge on any atom is -0.390 e. The number of aliphatic hydroxyl groups is 1. The number of alkyl halides is 1. The molecule has 0 aliphatic rings. The second kappa shape index (κ2) is 6.25. The average molecular weight is 279 g/mol. The van der Waals surface area contributed by atoms with Gasteiger partial charge in [0.2, 0.25) is 0 Å². The molecule has 1 aromatic rings. The number of benzene rings is 1. The van der Waals surface area contributed by atoms with Crippen LogP contribution in [-0.4, -0.2) is 28.6 Å². The molecule has 0 aliphatic carbocycles. The minimum atomic E-state index is -0.625. The Bertz CT molecular complexity index is 387. The fourth-order valence-corrected chi connectivity index (χ4v) is 1.62. The van der Waals surface area contributed by atoms with Gasteiger partial charge in [0, 0.05) is 22.8 Å². The van der Waals surface area contributed by atoms with Crippen LogP contribution in [0.2, 0.25) is 5.02 Å². The highest BCUT2D eigenvalue weighted by Crippen LogP contribution is 2.21. The van der Waals surface area contributed by atoms with Crippen molar-refractivity contribution in [2.24, 2.45) is 5.73 Å². The van der Waals surface area contributed by atoms with E-state index in [9.17, 15) is 5.11 Å². The molecule has 1 unspecified atom stereocenters. The fraction of sp³-hybridized carbons (Fsp3) is 0.300. The molecule has 0 bridgehead atoms. The molecule has 0 amide bonds. The average Bonchev–Trinajstić information content (AvgIpc) is 2.25. The number of hydrogen-bond donors (Lipinski definition) is 3. The number of nitrogens with one attached hydrogen (secondary N) is 1. The van der Waals surface area contributed by atoms with Crippen LogP contribution in [0.15, 0.2) is 18.2 Å². The Hall–Kier alpha value is -0.550. The van der Waals surface area contributed by atoms with Crippen LogP contribution in [0, 0.1) is 0 Å². The molecular formula is C10H12Cl2N2OS. The van der Waals surface area contributed by atoms with E-state index < -0.39 is 6.10 Å². The molecule has 1 atom stereocenters. The molecule has 0 saturated carbocycles. The molecule has 88 valence electrons. The van der Waals surface area contributed by atoms with Crippen LogP contribution in [0.4, 0.5) is 5.69 Å². The zero-order valence-corrected chi connectivity index (χ0v) is 10.7. The maximum absolute atomic E-state index is 9.33. The lowest BCUT2D eigenvalue weighted by Gasteiger charge is -2.13. The SMILES string of the molecule is NC(=S)c1ccc(Cl)cc1NCC(O)CCl. The summed E-state index contributed by atoms with van der Waals surface area (Å²) in [5, 5.41) is 12.9. The van der Waals surface area contributed by atoms with Gasteiger partial charge in [-0.25, -0.2) is 0 Å². The molecule has 0 aliphatic heterocycles. The van der Waals surface area contributed by atoms with Crippen LogP contribution in [-0.2, 0) is 0 Å². The zero-order valence-electron chi connectivity index (χ0n) is 8.41. The van der Waals surface area contributed by atoms with Crippen LogP contribution in [0.25, 0.3) is 0 Å². The van der Waals surface area contributed by atoms with E-state index in [4.69, 9.17) is 41.2 Å². The smallest absolute Gasteiger partial charge is 0.106 e. The molecule has 1 aromatic carbocycles. The maximum atomic E-state index is 9.33. The molecule has 0 fully saturated rings. The Balaban J connectivity index is 2.84. The molecule has 0 saturated heterocycles. The number of thiocarbonyl (C=S) groups is 1. The lowest BCUT2D eigenvalue weighted by molar-refractivity contribution is 0.211. The van der Waals surface area contributed by atoms with Crippen LogP contribution in [0.5, 0.6) is 0 Å². The lowest BCUT2D eigenvalue weighted by atomic mass is 10.1. The van der Waals surface area contributed by atoms with E-state index >= 15 is 0 Å². The van der Waals surface area contributed by atoms with Gasteiger partial charge in [-0.3, -0.25) is 0 Å². The topological polar surface area (TPSA) is 58.3 Å². The van der Waals surface area contributed by atoms with Gasteiger partial charge in [0.25, 0.3) is 0 Å². The van der Waals surface area contributed by atoms with Gasteiger partial charge in [-0.05, 0) is 18.2 Å². The van der Waals surface area contributed by atoms with Gasteiger partial charge in [-0.1, -0.05) is 23.8 Å². The number of rotatable bonds is 5.